The van der Waals surface area contributed by atoms with Crippen molar-refractivity contribution in [1.29, 1.82) is 0 Å². The lowest BCUT2D eigenvalue weighted by Crippen LogP contribution is -2.31. The molecule has 0 fully saturated rings. The average molecular weight is 507 g/mol. The zero-order chi connectivity index (χ0) is 25.8. The molecule has 1 atom stereocenters. The van der Waals surface area contributed by atoms with Crippen molar-refractivity contribution in [2.45, 2.75) is 58.4 Å². The fourth-order valence-electron chi connectivity index (χ4n) is 3.91. The maximum Gasteiger partial charge on any atom is 0.416 e. The quantitative estimate of drug-likeness (QED) is 0.325. The number of alkyl halides is 3. The van der Waals surface area contributed by atoms with Crippen LogP contribution in [0.3, 0.4) is 0 Å². The maximum atomic E-state index is 13.4. The summed E-state index contributed by atoms with van der Waals surface area (Å²) in [7, 11) is 0. The van der Waals surface area contributed by atoms with Crippen LogP contribution in [-0.4, -0.2) is 32.9 Å². The molecule has 1 unspecified atom stereocenters. The van der Waals surface area contributed by atoms with Gasteiger partial charge in [-0.15, -0.1) is 0 Å². The van der Waals surface area contributed by atoms with E-state index < -0.39 is 29.0 Å². The van der Waals surface area contributed by atoms with E-state index in [-0.39, 0.29) is 19.7 Å². The van der Waals surface area contributed by atoms with Gasteiger partial charge in [-0.05, 0) is 56.5 Å². The number of nitrogens with zero attached hydrogens (tertiary/aromatic N) is 2. The number of carbonyl (C=O) groups excluding carboxylic acids is 1. The third-order valence-corrected chi connectivity index (χ3v) is 6.98. The van der Waals surface area contributed by atoms with E-state index in [9.17, 15) is 22.5 Å². The Kier molecular flexibility index (Phi) is 8.66. The number of hydrogen-bond acceptors (Lipinski definition) is 4. The molecule has 1 amide bonds. The van der Waals surface area contributed by atoms with Crippen LogP contribution >= 0.6 is 0 Å². The molecule has 0 aliphatic rings. The van der Waals surface area contributed by atoms with Crippen LogP contribution in [0.15, 0.2) is 47.5 Å². The first-order valence-electron chi connectivity index (χ1n) is 11.4. The van der Waals surface area contributed by atoms with E-state index in [0.717, 1.165) is 28.6 Å². The Morgan fingerprint density at radius 2 is 1.86 bits per heavy atom. The van der Waals surface area contributed by atoms with Gasteiger partial charge in [-0.2, -0.15) is 13.2 Å². The molecule has 188 valence electrons. The van der Waals surface area contributed by atoms with Crippen LogP contribution in [0.4, 0.5) is 18.0 Å². The smallest absolute Gasteiger partial charge is 0.416 e. The predicted octanol–water partition coefficient (Wildman–Crippen LogP) is 6.55. The Morgan fingerprint density at radius 1 is 1.11 bits per heavy atom. The second kappa shape index (κ2) is 11.3. The fraction of sp³-hybridized carbons (Fsp3) is 0.385. The monoisotopic (exact) mass is 506 g/mol. The van der Waals surface area contributed by atoms with E-state index in [4.69, 9.17) is 9.72 Å². The van der Waals surface area contributed by atoms with E-state index in [2.05, 4.69) is 0 Å². The van der Waals surface area contributed by atoms with Crippen molar-refractivity contribution in [2.75, 3.05) is 12.4 Å². The van der Waals surface area contributed by atoms with Crippen molar-refractivity contribution >= 4 is 28.2 Å². The lowest BCUT2D eigenvalue weighted by atomic mass is 10.1. The van der Waals surface area contributed by atoms with Crippen LogP contribution in [-0.2, 0) is 35.2 Å². The van der Waals surface area contributed by atoms with Gasteiger partial charge in [0.05, 0.1) is 24.2 Å². The van der Waals surface area contributed by atoms with Crippen LogP contribution in [0.2, 0.25) is 0 Å². The van der Waals surface area contributed by atoms with Crippen molar-refractivity contribution in [3.63, 3.8) is 0 Å². The molecule has 5 nitrogen and oxygen atoms in total. The Bertz CT molecular complexity index is 1200. The van der Waals surface area contributed by atoms with Gasteiger partial charge in [0.2, 0.25) is 5.03 Å². The number of para-hydroxylation sites is 1. The summed E-state index contributed by atoms with van der Waals surface area (Å²) in [6.45, 7) is 7.08. The number of hydrogen-bond donors (Lipinski definition) is 0. The molecule has 3 aromatic rings. The van der Waals surface area contributed by atoms with Crippen molar-refractivity contribution < 1.29 is 27.3 Å². The van der Waals surface area contributed by atoms with Gasteiger partial charge in [0.25, 0.3) is 0 Å². The maximum absolute atomic E-state index is 13.4. The van der Waals surface area contributed by atoms with E-state index >= 15 is 0 Å². The summed E-state index contributed by atoms with van der Waals surface area (Å²) in [6.07, 6.45) is -4.48. The molecular formula is C26H29F3N2O3S. The third-order valence-electron chi connectivity index (χ3n) is 5.42. The molecule has 0 saturated heterocycles. The molecule has 1 heterocycles. The Balaban J connectivity index is 2.05. The lowest BCUT2D eigenvalue weighted by Gasteiger charge is -2.24. The van der Waals surface area contributed by atoms with Crippen molar-refractivity contribution in [3.8, 4) is 0 Å². The highest BCUT2D eigenvalue weighted by atomic mass is 32.2. The lowest BCUT2D eigenvalue weighted by molar-refractivity contribution is -0.137. The van der Waals surface area contributed by atoms with Gasteiger partial charge < -0.3 is 9.29 Å². The number of carbonyl (C=O) groups is 1. The summed E-state index contributed by atoms with van der Waals surface area (Å²) in [4.78, 5) is 18.8. The molecule has 0 aliphatic carbocycles. The molecule has 0 N–H and O–H groups in total. The number of ether oxygens (including phenoxy) is 1. The summed E-state index contributed by atoms with van der Waals surface area (Å²) < 4.78 is 58.3. The van der Waals surface area contributed by atoms with Gasteiger partial charge in [-0.3, -0.25) is 4.90 Å². The Hall–Kier alpha value is -2.78. The summed E-state index contributed by atoms with van der Waals surface area (Å²) >= 11 is -1.40. The standard InChI is InChI=1S/C26H29F3N2O3S/c1-5-10-35(33)24-21(14-20-9-7-8-18(4)23(20)30-24)16-31(25(32)34-6-2)15-19-11-17(3)12-22(13-19)26(27,28)29/h7-9,11-14H,5-6,10,15-16H2,1-4H3. The van der Waals surface area contributed by atoms with Crippen LogP contribution < -0.4 is 0 Å². The molecule has 0 radical (unpaired) electrons. The first kappa shape index (κ1) is 26.8. The number of halogens is 3. The predicted molar refractivity (Wildman–Crippen MR) is 130 cm³/mol. The normalized spacial score (nSPS) is 12.6. The number of fused-ring (bicyclic) bond motifs is 1. The van der Waals surface area contributed by atoms with Crippen molar-refractivity contribution in [2.24, 2.45) is 0 Å². The van der Waals surface area contributed by atoms with Crippen LogP contribution in [0.1, 0.15) is 48.1 Å². The molecule has 0 spiro atoms. The van der Waals surface area contributed by atoms with Gasteiger partial charge in [-0.1, -0.05) is 36.8 Å². The fourth-order valence-corrected chi connectivity index (χ4v) is 5.08. The zero-order valence-corrected chi connectivity index (χ0v) is 21.1. The Morgan fingerprint density at radius 3 is 2.51 bits per heavy atom. The van der Waals surface area contributed by atoms with Crippen LogP contribution in [0, 0.1) is 13.8 Å². The number of pyridine rings is 1. The molecule has 9 heteroatoms. The average Bonchev–Trinajstić information content (AvgIpc) is 2.78. The molecule has 3 rings (SSSR count). The minimum atomic E-state index is -4.50. The van der Waals surface area contributed by atoms with Gasteiger partial charge in [0, 0.05) is 28.7 Å². The highest BCUT2D eigenvalue weighted by Gasteiger charge is 2.31. The molecule has 0 aliphatic heterocycles. The first-order valence-corrected chi connectivity index (χ1v) is 12.7. The molecule has 0 saturated carbocycles. The van der Waals surface area contributed by atoms with Crippen LogP contribution in [0.5, 0.6) is 0 Å². The van der Waals surface area contributed by atoms with Gasteiger partial charge >= 0.3 is 12.3 Å². The van der Waals surface area contributed by atoms with Gasteiger partial charge in [-0.25, -0.2) is 9.78 Å². The zero-order valence-electron chi connectivity index (χ0n) is 20.2. The third kappa shape index (κ3) is 6.67. The SMILES string of the molecule is CCC[S+]([O-])c1nc2c(C)cccc2cc1CN(Cc1cc(C)cc(C(F)(F)F)c1)C(=O)OCC. The van der Waals surface area contributed by atoms with E-state index in [1.54, 1.807) is 19.9 Å². The van der Waals surface area contributed by atoms with Crippen LogP contribution in [0.25, 0.3) is 10.9 Å². The molecular weight excluding hydrogens is 477 g/mol. The largest absolute Gasteiger partial charge is 0.610 e. The first-order chi connectivity index (χ1) is 16.5. The second-order valence-electron chi connectivity index (χ2n) is 8.41. The molecule has 0 bridgehead atoms. The summed E-state index contributed by atoms with van der Waals surface area (Å²) in [5.41, 5.74) is 2.23. The summed E-state index contributed by atoms with van der Waals surface area (Å²) in [5.74, 6) is 0.406. The molecule has 1 aromatic heterocycles. The summed E-state index contributed by atoms with van der Waals surface area (Å²) in [6, 6.07) is 11.3. The minimum absolute atomic E-state index is 0.00417. The van der Waals surface area contributed by atoms with E-state index in [1.807, 2.05) is 38.1 Å². The number of aromatic nitrogens is 1. The number of rotatable bonds is 8. The van der Waals surface area contributed by atoms with Gasteiger partial charge in [0.15, 0.2) is 0 Å². The highest BCUT2D eigenvalue weighted by Crippen LogP contribution is 2.31. The number of amides is 1. The second-order valence-corrected chi connectivity index (χ2v) is 9.89. The highest BCUT2D eigenvalue weighted by molar-refractivity contribution is 7.91. The molecule has 35 heavy (non-hydrogen) atoms. The van der Waals surface area contributed by atoms with Crippen molar-refractivity contribution in [1.82, 2.24) is 9.88 Å². The molecule has 2 aromatic carbocycles. The summed E-state index contributed by atoms with van der Waals surface area (Å²) in [5, 5.41) is 1.21. The van der Waals surface area contributed by atoms with Gasteiger partial charge in [0.1, 0.15) is 5.75 Å². The topological polar surface area (TPSA) is 65.5 Å². The number of benzene rings is 2. The number of aryl methyl sites for hydroxylation is 2. The van der Waals surface area contributed by atoms with Crippen molar-refractivity contribution in [3.05, 3.63) is 70.3 Å². The minimum Gasteiger partial charge on any atom is -0.610 e. The van der Waals surface area contributed by atoms with E-state index in [0.29, 0.717) is 33.9 Å². The Labute approximate surface area is 206 Å². The van der Waals surface area contributed by atoms with E-state index in [1.165, 1.54) is 4.90 Å².